The first-order valence-electron chi connectivity index (χ1n) is 6.80. The lowest BCUT2D eigenvalue weighted by Crippen LogP contribution is -2.25. The molecule has 0 aliphatic carbocycles. The Bertz CT molecular complexity index is 561. The van der Waals surface area contributed by atoms with E-state index < -0.39 is 0 Å². The number of carbonyl (C=O) groups excluding carboxylic acids is 1. The minimum atomic E-state index is 0.0773. The molecule has 2 rings (SSSR count). The number of nitrogens with zero attached hydrogens (tertiary/aromatic N) is 3. The van der Waals surface area contributed by atoms with Crippen molar-refractivity contribution in [1.82, 2.24) is 20.1 Å². The molecule has 0 aliphatic rings. The predicted octanol–water partition coefficient (Wildman–Crippen LogP) is 2.10. The third-order valence-electron chi connectivity index (χ3n) is 2.89. The third kappa shape index (κ3) is 4.77. The van der Waals surface area contributed by atoms with Crippen molar-refractivity contribution in [2.75, 3.05) is 6.54 Å². The summed E-state index contributed by atoms with van der Waals surface area (Å²) in [5.74, 6) is 0.0773. The summed E-state index contributed by atoms with van der Waals surface area (Å²) in [5, 5.41) is 10.3. The molecule has 0 bridgehead atoms. The van der Waals surface area contributed by atoms with E-state index in [-0.39, 0.29) is 5.91 Å². The highest BCUT2D eigenvalue weighted by atomic mass is 32.1. The van der Waals surface area contributed by atoms with E-state index in [4.69, 9.17) is 0 Å². The maximum Gasteiger partial charge on any atom is 0.221 e. The largest absolute Gasteiger partial charge is 0.356 e. The molecule has 0 saturated carbocycles. The van der Waals surface area contributed by atoms with E-state index >= 15 is 0 Å². The van der Waals surface area contributed by atoms with Gasteiger partial charge in [0.15, 0.2) is 0 Å². The van der Waals surface area contributed by atoms with Gasteiger partial charge in [0.1, 0.15) is 0 Å². The van der Waals surface area contributed by atoms with Crippen LogP contribution in [0, 0.1) is 13.8 Å². The van der Waals surface area contributed by atoms with Crippen LogP contribution < -0.4 is 5.32 Å². The molecule has 6 heteroatoms. The predicted molar refractivity (Wildman–Crippen MR) is 79.8 cm³/mol. The van der Waals surface area contributed by atoms with Crippen molar-refractivity contribution in [2.45, 2.75) is 39.7 Å². The van der Waals surface area contributed by atoms with Crippen LogP contribution in [0.5, 0.6) is 0 Å². The van der Waals surface area contributed by atoms with E-state index in [1.165, 1.54) is 0 Å². The van der Waals surface area contributed by atoms with Crippen molar-refractivity contribution in [2.24, 2.45) is 0 Å². The van der Waals surface area contributed by atoms with Gasteiger partial charge in [-0.05, 0) is 25.8 Å². The number of nitrogens with one attached hydrogen (secondary N) is 1. The van der Waals surface area contributed by atoms with Gasteiger partial charge in [-0.2, -0.15) is 5.10 Å². The second-order valence-electron chi connectivity index (χ2n) is 4.87. The Kier molecular flexibility index (Phi) is 5.29. The second kappa shape index (κ2) is 7.19. The molecular formula is C14H20N4OS. The van der Waals surface area contributed by atoms with E-state index in [1.807, 2.05) is 20.0 Å². The molecule has 1 N–H and O–H groups in total. The summed E-state index contributed by atoms with van der Waals surface area (Å²) < 4.78 is 1.80. The van der Waals surface area contributed by atoms with E-state index in [1.54, 1.807) is 22.2 Å². The zero-order chi connectivity index (χ0) is 14.4. The number of rotatable bonds is 7. The van der Waals surface area contributed by atoms with Gasteiger partial charge in [-0.25, -0.2) is 4.98 Å². The van der Waals surface area contributed by atoms with Gasteiger partial charge in [0.05, 0.1) is 11.2 Å². The molecule has 0 radical (unpaired) electrons. The molecule has 2 aromatic heterocycles. The number of hydrogen-bond acceptors (Lipinski definition) is 4. The van der Waals surface area contributed by atoms with Gasteiger partial charge in [0.2, 0.25) is 5.91 Å². The molecule has 0 unspecified atom stereocenters. The Hall–Kier alpha value is -1.69. The molecule has 108 valence electrons. The van der Waals surface area contributed by atoms with Gasteiger partial charge < -0.3 is 5.32 Å². The SMILES string of the molecule is Cc1cnn(CCC(=O)NCCCc2nc(C)cs2)c1. The van der Waals surface area contributed by atoms with Gasteiger partial charge >= 0.3 is 0 Å². The van der Waals surface area contributed by atoms with Crippen LogP contribution in [0.2, 0.25) is 0 Å². The topological polar surface area (TPSA) is 59.8 Å². The number of thiazole rings is 1. The van der Waals surface area contributed by atoms with Gasteiger partial charge in [0, 0.05) is 43.2 Å². The minimum absolute atomic E-state index is 0.0773. The van der Waals surface area contributed by atoms with Crippen LogP contribution in [0.15, 0.2) is 17.8 Å². The zero-order valence-electron chi connectivity index (χ0n) is 11.9. The average molecular weight is 292 g/mol. The second-order valence-corrected chi connectivity index (χ2v) is 5.81. The van der Waals surface area contributed by atoms with E-state index in [9.17, 15) is 4.79 Å². The lowest BCUT2D eigenvalue weighted by molar-refractivity contribution is -0.121. The standard InChI is InChI=1S/C14H20N4OS/c1-11-8-16-18(9-11)7-5-13(19)15-6-3-4-14-17-12(2)10-20-14/h8-10H,3-7H2,1-2H3,(H,15,19). The van der Waals surface area contributed by atoms with Crippen LogP contribution >= 0.6 is 11.3 Å². The summed E-state index contributed by atoms with van der Waals surface area (Å²) in [6.07, 6.45) is 6.07. The number of aryl methyl sites for hydroxylation is 4. The third-order valence-corrected chi connectivity index (χ3v) is 3.91. The highest BCUT2D eigenvalue weighted by Gasteiger charge is 2.03. The number of aromatic nitrogens is 3. The molecule has 0 aromatic carbocycles. The lowest BCUT2D eigenvalue weighted by Gasteiger charge is -2.04. The Morgan fingerprint density at radius 1 is 1.45 bits per heavy atom. The molecule has 1 amide bonds. The van der Waals surface area contributed by atoms with Crippen molar-refractivity contribution >= 4 is 17.2 Å². The molecule has 0 aliphatic heterocycles. The molecule has 20 heavy (non-hydrogen) atoms. The van der Waals surface area contributed by atoms with Crippen LogP contribution in [0.25, 0.3) is 0 Å². The van der Waals surface area contributed by atoms with Crippen molar-refractivity contribution in [3.05, 3.63) is 34.0 Å². The quantitative estimate of drug-likeness (QED) is 0.795. The number of hydrogen-bond donors (Lipinski definition) is 1. The fraction of sp³-hybridized carbons (Fsp3) is 0.500. The van der Waals surface area contributed by atoms with Gasteiger partial charge in [-0.3, -0.25) is 9.48 Å². The van der Waals surface area contributed by atoms with E-state index in [2.05, 4.69) is 20.8 Å². The van der Waals surface area contributed by atoms with Gasteiger partial charge in [0.25, 0.3) is 0 Å². The highest BCUT2D eigenvalue weighted by Crippen LogP contribution is 2.10. The Morgan fingerprint density at radius 2 is 2.30 bits per heavy atom. The summed E-state index contributed by atoms with van der Waals surface area (Å²) in [6, 6.07) is 0. The molecule has 0 spiro atoms. The zero-order valence-corrected chi connectivity index (χ0v) is 12.7. The fourth-order valence-corrected chi connectivity index (χ4v) is 2.70. The molecule has 0 saturated heterocycles. The molecule has 0 fully saturated rings. The van der Waals surface area contributed by atoms with Crippen molar-refractivity contribution in [3.63, 3.8) is 0 Å². The van der Waals surface area contributed by atoms with Crippen LogP contribution in [0.1, 0.15) is 29.1 Å². The Labute approximate surface area is 123 Å². The van der Waals surface area contributed by atoms with Crippen molar-refractivity contribution < 1.29 is 4.79 Å². The first-order chi connectivity index (χ1) is 9.63. The normalized spacial score (nSPS) is 10.7. The first kappa shape index (κ1) is 14.7. The smallest absolute Gasteiger partial charge is 0.221 e. The molecule has 5 nitrogen and oxygen atoms in total. The molecule has 2 heterocycles. The van der Waals surface area contributed by atoms with Crippen molar-refractivity contribution in [1.29, 1.82) is 0 Å². The molecular weight excluding hydrogens is 272 g/mol. The van der Waals surface area contributed by atoms with Crippen LogP contribution in [0.4, 0.5) is 0 Å². The molecule has 2 aromatic rings. The summed E-state index contributed by atoms with van der Waals surface area (Å²) >= 11 is 1.68. The highest BCUT2D eigenvalue weighted by molar-refractivity contribution is 7.09. The maximum atomic E-state index is 11.7. The lowest BCUT2D eigenvalue weighted by atomic mass is 10.3. The number of amides is 1. The van der Waals surface area contributed by atoms with Crippen LogP contribution in [-0.4, -0.2) is 27.2 Å². The summed E-state index contributed by atoms with van der Waals surface area (Å²) in [5.41, 5.74) is 2.19. The van der Waals surface area contributed by atoms with E-state index in [0.717, 1.165) is 29.1 Å². The average Bonchev–Trinajstić information content (AvgIpc) is 3.01. The first-order valence-corrected chi connectivity index (χ1v) is 7.68. The van der Waals surface area contributed by atoms with Gasteiger partial charge in [-0.15, -0.1) is 11.3 Å². The Balaban J connectivity index is 1.58. The monoisotopic (exact) mass is 292 g/mol. The van der Waals surface area contributed by atoms with Crippen LogP contribution in [-0.2, 0) is 17.8 Å². The number of carbonyl (C=O) groups is 1. The molecule has 0 atom stereocenters. The summed E-state index contributed by atoms with van der Waals surface area (Å²) in [7, 11) is 0. The fourth-order valence-electron chi connectivity index (χ4n) is 1.88. The summed E-state index contributed by atoms with van der Waals surface area (Å²) in [6.45, 7) is 5.32. The van der Waals surface area contributed by atoms with E-state index in [0.29, 0.717) is 19.5 Å². The maximum absolute atomic E-state index is 11.7. The van der Waals surface area contributed by atoms with Crippen LogP contribution in [0.3, 0.4) is 0 Å². The minimum Gasteiger partial charge on any atom is -0.356 e. The van der Waals surface area contributed by atoms with Crippen molar-refractivity contribution in [3.8, 4) is 0 Å². The summed E-state index contributed by atoms with van der Waals surface area (Å²) in [4.78, 5) is 16.1. The van der Waals surface area contributed by atoms with Gasteiger partial charge in [-0.1, -0.05) is 0 Å². The Morgan fingerprint density at radius 3 is 2.95 bits per heavy atom.